The van der Waals surface area contributed by atoms with E-state index >= 15 is 0 Å². The third-order valence-electron chi connectivity index (χ3n) is 3.88. The van der Waals surface area contributed by atoms with Crippen molar-refractivity contribution in [2.45, 2.75) is 0 Å². The first-order chi connectivity index (χ1) is 13.3. The Hall–Kier alpha value is -3.57. The Morgan fingerprint density at radius 1 is 1.26 bits per heavy atom. The molecule has 0 atom stereocenters. The predicted octanol–water partition coefficient (Wildman–Crippen LogP) is 3.89. The summed E-state index contributed by atoms with van der Waals surface area (Å²) < 4.78 is 16.0. The minimum atomic E-state index is 0.192. The van der Waals surface area contributed by atoms with Crippen molar-refractivity contribution in [2.75, 3.05) is 19.3 Å². The summed E-state index contributed by atoms with van der Waals surface area (Å²) in [5.41, 5.74) is 5.36. The lowest BCUT2D eigenvalue weighted by molar-refractivity contribution is 0.174. The van der Waals surface area contributed by atoms with Gasteiger partial charge in [0.05, 0.1) is 18.5 Å². The van der Waals surface area contributed by atoms with Gasteiger partial charge in [-0.05, 0) is 30.3 Å². The van der Waals surface area contributed by atoms with E-state index in [1.165, 1.54) is 11.3 Å². The Labute approximate surface area is 159 Å². The third kappa shape index (κ3) is 3.41. The van der Waals surface area contributed by atoms with Crippen LogP contribution in [0.3, 0.4) is 0 Å². The Bertz CT molecular complexity index is 1060. The van der Waals surface area contributed by atoms with Gasteiger partial charge in [0.25, 0.3) is 0 Å². The van der Waals surface area contributed by atoms with E-state index in [9.17, 15) is 5.26 Å². The van der Waals surface area contributed by atoms with Crippen LogP contribution in [-0.4, -0.2) is 24.6 Å². The number of nitriles is 1. The van der Waals surface area contributed by atoms with Crippen LogP contribution in [0, 0.1) is 11.3 Å². The van der Waals surface area contributed by atoms with Gasteiger partial charge in [-0.2, -0.15) is 10.4 Å². The molecule has 0 radical (unpaired) electrons. The number of fused-ring (bicyclic) bond motifs is 1. The van der Waals surface area contributed by atoms with Crippen LogP contribution < -0.4 is 19.6 Å². The maximum atomic E-state index is 9.47. The monoisotopic (exact) mass is 378 g/mol. The van der Waals surface area contributed by atoms with Crippen molar-refractivity contribution < 1.29 is 14.2 Å². The summed E-state index contributed by atoms with van der Waals surface area (Å²) in [4.78, 5) is 4.53. The lowest BCUT2D eigenvalue weighted by Gasteiger charge is -2.06. The van der Waals surface area contributed by atoms with Gasteiger partial charge in [0.2, 0.25) is 6.79 Å². The molecule has 7 nitrogen and oxygen atoms in total. The van der Waals surface area contributed by atoms with Gasteiger partial charge < -0.3 is 14.2 Å². The van der Waals surface area contributed by atoms with E-state index in [0.29, 0.717) is 22.2 Å². The molecule has 0 fully saturated rings. The minimum absolute atomic E-state index is 0.192. The zero-order chi connectivity index (χ0) is 18.6. The molecule has 0 amide bonds. The molecule has 1 N–H and O–H groups in total. The summed E-state index contributed by atoms with van der Waals surface area (Å²) in [6, 6.07) is 15.0. The molecule has 1 aromatic heterocycles. The molecular formula is C19H14N4O3S. The number of para-hydroxylation sites is 2. The number of aromatic nitrogens is 1. The summed E-state index contributed by atoms with van der Waals surface area (Å²) in [5.74, 6) is 2.04. The van der Waals surface area contributed by atoms with E-state index in [1.807, 2.05) is 47.8 Å². The first kappa shape index (κ1) is 16.9. The van der Waals surface area contributed by atoms with Crippen molar-refractivity contribution in [1.29, 1.82) is 5.26 Å². The molecule has 0 unspecified atom stereocenters. The molecule has 1 aliphatic heterocycles. The number of hydrogen-bond acceptors (Lipinski definition) is 8. The number of hydrazone groups is 1. The van der Waals surface area contributed by atoms with E-state index in [-0.39, 0.29) is 12.5 Å². The van der Waals surface area contributed by atoms with Crippen LogP contribution in [0.2, 0.25) is 0 Å². The Morgan fingerprint density at radius 2 is 2.11 bits per heavy atom. The predicted molar refractivity (Wildman–Crippen MR) is 102 cm³/mol. The number of rotatable bonds is 5. The summed E-state index contributed by atoms with van der Waals surface area (Å²) in [5, 5.41) is 16.1. The number of anilines is 1. The first-order valence-corrected chi connectivity index (χ1v) is 8.89. The lowest BCUT2D eigenvalue weighted by Crippen LogP contribution is -2.02. The zero-order valence-electron chi connectivity index (χ0n) is 14.3. The number of nitrogens with zero attached hydrogens (tertiary/aromatic N) is 3. The number of nitrogens with one attached hydrogen (secondary N) is 1. The van der Waals surface area contributed by atoms with E-state index in [4.69, 9.17) is 14.2 Å². The number of thiazole rings is 1. The van der Waals surface area contributed by atoms with Crippen LogP contribution in [-0.2, 0) is 0 Å². The van der Waals surface area contributed by atoms with Crippen molar-refractivity contribution in [3.8, 4) is 34.6 Å². The second-order valence-corrected chi connectivity index (χ2v) is 6.35. The molecule has 0 bridgehead atoms. The van der Waals surface area contributed by atoms with Crippen molar-refractivity contribution >= 4 is 22.7 Å². The van der Waals surface area contributed by atoms with Crippen LogP contribution in [0.5, 0.6) is 17.2 Å². The maximum absolute atomic E-state index is 9.47. The smallest absolute Gasteiger partial charge is 0.231 e. The fourth-order valence-corrected chi connectivity index (χ4v) is 3.31. The number of methoxy groups -OCH3 is 1. The molecule has 0 spiro atoms. The third-order valence-corrected chi connectivity index (χ3v) is 4.73. The van der Waals surface area contributed by atoms with Crippen LogP contribution >= 0.6 is 11.3 Å². The molecule has 0 saturated heterocycles. The Morgan fingerprint density at radius 3 is 2.96 bits per heavy atom. The van der Waals surface area contributed by atoms with Crippen molar-refractivity contribution in [3.05, 3.63) is 52.9 Å². The SMILES string of the molecule is COc1ccccc1NN=C(C#N)c1nc(-c2ccc3c(c2)OCO3)cs1. The Balaban J connectivity index is 1.58. The molecule has 27 heavy (non-hydrogen) atoms. The van der Waals surface area contributed by atoms with Crippen LogP contribution in [0.25, 0.3) is 11.3 Å². The van der Waals surface area contributed by atoms with Gasteiger partial charge in [-0.25, -0.2) is 4.98 Å². The summed E-state index contributed by atoms with van der Waals surface area (Å²) in [6.45, 7) is 0.223. The summed E-state index contributed by atoms with van der Waals surface area (Å²) in [7, 11) is 1.58. The largest absolute Gasteiger partial charge is 0.495 e. The van der Waals surface area contributed by atoms with Crippen molar-refractivity contribution in [1.82, 2.24) is 4.98 Å². The minimum Gasteiger partial charge on any atom is -0.495 e. The highest BCUT2D eigenvalue weighted by atomic mass is 32.1. The molecule has 0 aliphatic carbocycles. The fourth-order valence-electron chi connectivity index (χ4n) is 2.54. The fraction of sp³-hybridized carbons (Fsp3) is 0.105. The van der Waals surface area contributed by atoms with Gasteiger partial charge >= 0.3 is 0 Å². The molecule has 2 heterocycles. The van der Waals surface area contributed by atoms with Gasteiger partial charge in [-0.3, -0.25) is 5.43 Å². The first-order valence-electron chi connectivity index (χ1n) is 8.01. The molecule has 3 aromatic rings. The molecule has 4 rings (SSSR count). The lowest BCUT2D eigenvalue weighted by atomic mass is 10.1. The Kier molecular flexibility index (Phi) is 4.60. The van der Waals surface area contributed by atoms with Crippen LogP contribution in [0.4, 0.5) is 5.69 Å². The summed E-state index contributed by atoms with van der Waals surface area (Å²) in [6.07, 6.45) is 0. The average Bonchev–Trinajstić information content (AvgIpc) is 3.38. The highest BCUT2D eigenvalue weighted by Gasteiger charge is 2.16. The molecule has 1 aliphatic rings. The standard InChI is InChI=1S/C19H14N4O3S/c1-24-16-5-3-2-4-13(16)22-23-14(9-20)19-21-15(10-27-19)12-6-7-17-18(8-12)26-11-25-17/h2-8,10,22H,11H2,1H3. The highest BCUT2D eigenvalue weighted by Crippen LogP contribution is 2.36. The zero-order valence-corrected chi connectivity index (χ0v) is 15.1. The van der Waals surface area contributed by atoms with E-state index < -0.39 is 0 Å². The topological polar surface area (TPSA) is 88.8 Å². The number of hydrogen-bond donors (Lipinski definition) is 1. The maximum Gasteiger partial charge on any atom is 0.231 e. The molecule has 2 aromatic carbocycles. The molecule has 8 heteroatoms. The quantitative estimate of drug-likeness (QED) is 0.535. The van der Waals surface area contributed by atoms with Gasteiger partial charge in [0, 0.05) is 10.9 Å². The van der Waals surface area contributed by atoms with Crippen molar-refractivity contribution in [2.24, 2.45) is 5.10 Å². The summed E-state index contributed by atoms with van der Waals surface area (Å²) >= 11 is 1.35. The number of benzene rings is 2. The van der Waals surface area contributed by atoms with Gasteiger partial charge in [-0.1, -0.05) is 12.1 Å². The van der Waals surface area contributed by atoms with Gasteiger partial charge in [-0.15, -0.1) is 11.3 Å². The van der Waals surface area contributed by atoms with Crippen LogP contribution in [0.15, 0.2) is 52.9 Å². The molecular weight excluding hydrogens is 364 g/mol. The molecule has 0 saturated carbocycles. The second-order valence-electron chi connectivity index (χ2n) is 5.49. The van der Waals surface area contributed by atoms with E-state index in [0.717, 1.165) is 17.0 Å². The van der Waals surface area contributed by atoms with Gasteiger partial charge in [0.15, 0.2) is 22.2 Å². The highest BCUT2D eigenvalue weighted by molar-refractivity contribution is 7.12. The molecule has 134 valence electrons. The van der Waals surface area contributed by atoms with E-state index in [1.54, 1.807) is 7.11 Å². The normalized spacial score (nSPS) is 12.5. The average molecular weight is 378 g/mol. The second kappa shape index (κ2) is 7.35. The van der Waals surface area contributed by atoms with Gasteiger partial charge in [0.1, 0.15) is 11.8 Å². The van der Waals surface area contributed by atoms with E-state index in [2.05, 4.69) is 21.6 Å². The van der Waals surface area contributed by atoms with Crippen molar-refractivity contribution in [3.63, 3.8) is 0 Å². The van der Waals surface area contributed by atoms with Crippen LogP contribution in [0.1, 0.15) is 5.01 Å². The number of ether oxygens (including phenoxy) is 3.